The number of nitrogens with two attached hydrogens (primary N) is 1. The van der Waals surface area contributed by atoms with E-state index in [0.717, 1.165) is 11.3 Å². The van der Waals surface area contributed by atoms with Crippen molar-refractivity contribution in [2.45, 2.75) is 13.8 Å². The predicted octanol–water partition coefficient (Wildman–Crippen LogP) is 2.95. The Kier molecular flexibility index (Phi) is 2.42. The van der Waals surface area contributed by atoms with Gasteiger partial charge in [0, 0.05) is 11.8 Å². The summed E-state index contributed by atoms with van der Waals surface area (Å²) in [4.78, 5) is 4.00. The van der Waals surface area contributed by atoms with Crippen molar-refractivity contribution in [3.8, 4) is 11.1 Å². The van der Waals surface area contributed by atoms with Crippen LogP contribution in [-0.4, -0.2) is 4.98 Å². The topological polar surface area (TPSA) is 38.9 Å². The molecule has 0 aliphatic carbocycles. The maximum atomic E-state index is 5.91. The molecule has 1 heterocycles. The van der Waals surface area contributed by atoms with Crippen molar-refractivity contribution in [1.82, 2.24) is 4.98 Å². The van der Waals surface area contributed by atoms with Crippen LogP contribution in [0.25, 0.3) is 11.1 Å². The normalized spacial score (nSPS) is 10.3. The first-order valence-corrected chi connectivity index (χ1v) is 4.95. The van der Waals surface area contributed by atoms with E-state index in [2.05, 4.69) is 37.0 Å². The maximum absolute atomic E-state index is 5.91. The molecule has 0 fully saturated rings. The molecule has 0 spiro atoms. The van der Waals surface area contributed by atoms with Gasteiger partial charge in [-0.15, -0.1) is 0 Å². The molecule has 15 heavy (non-hydrogen) atoms. The van der Waals surface area contributed by atoms with Gasteiger partial charge < -0.3 is 5.73 Å². The van der Waals surface area contributed by atoms with Crippen molar-refractivity contribution in [2.75, 3.05) is 5.73 Å². The first kappa shape index (κ1) is 9.71. The van der Waals surface area contributed by atoms with E-state index in [1.54, 1.807) is 12.4 Å². The summed E-state index contributed by atoms with van der Waals surface area (Å²) in [7, 11) is 0. The van der Waals surface area contributed by atoms with Crippen molar-refractivity contribution in [2.24, 2.45) is 0 Å². The van der Waals surface area contributed by atoms with Gasteiger partial charge in [0.1, 0.15) is 0 Å². The van der Waals surface area contributed by atoms with Crippen LogP contribution in [-0.2, 0) is 0 Å². The predicted molar refractivity (Wildman–Crippen MR) is 63.6 cm³/mol. The molecule has 0 atom stereocenters. The molecule has 0 bridgehead atoms. The summed E-state index contributed by atoms with van der Waals surface area (Å²) in [6.07, 6.45) is 3.46. The molecule has 2 heteroatoms. The van der Waals surface area contributed by atoms with Crippen LogP contribution >= 0.6 is 0 Å². The van der Waals surface area contributed by atoms with Crippen LogP contribution in [0.4, 0.5) is 5.69 Å². The lowest BCUT2D eigenvalue weighted by Crippen LogP contribution is -1.93. The van der Waals surface area contributed by atoms with E-state index in [1.165, 1.54) is 16.7 Å². The first-order chi connectivity index (χ1) is 7.18. The number of hydrogen-bond acceptors (Lipinski definition) is 2. The second kappa shape index (κ2) is 3.73. The first-order valence-electron chi connectivity index (χ1n) is 4.95. The number of benzene rings is 1. The minimum absolute atomic E-state index is 0.728. The fraction of sp³-hybridized carbons (Fsp3) is 0.154. The summed E-state index contributed by atoms with van der Waals surface area (Å²) in [5.74, 6) is 0. The lowest BCUT2D eigenvalue weighted by atomic mass is 9.98. The molecule has 2 aromatic rings. The highest BCUT2D eigenvalue weighted by molar-refractivity contribution is 5.77. The quantitative estimate of drug-likeness (QED) is 0.765. The van der Waals surface area contributed by atoms with Gasteiger partial charge >= 0.3 is 0 Å². The Morgan fingerprint density at radius 3 is 2.60 bits per heavy atom. The van der Waals surface area contributed by atoms with Gasteiger partial charge in [-0.3, -0.25) is 4.98 Å². The number of aryl methyl sites for hydroxylation is 2. The van der Waals surface area contributed by atoms with Gasteiger partial charge in [0.2, 0.25) is 0 Å². The van der Waals surface area contributed by atoms with E-state index in [1.807, 2.05) is 6.07 Å². The Labute approximate surface area is 89.8 Å². The molecule has 2 rings (SSSR count). The third kappa shape index (κ3) is 1.84. The lowest BCUT2D eigenvalue weighted by Gasteiger charge is -2.09. The van der Waals surface area contributed by atoms with Crippen LogP contribution < -0.4 is 5.73 Å². The zero-order valence-electron chi connectivity index (χ0n) is 8.99. The average molecular weight is 198 g/mol. The molecule has 0 saturated carbocycles. The van der Waals surface area contributed by atoms with Crippen LogP contribution in [0.2, 0.25) is 0 Å². The molecule has 2 nitrogen and oxygen atoms in total. The van der Waals surface area contributed by atoms with E-state index < -0.39 is 0 Å². The van der Waals surface area contributed by atoms with Crippen molar-refractivity contribution in [3.63, 3.8) is 0 Å². The van der Waals surface area contributed by atoms with E-state index in [4.69, 9.17) is 5.73 Å². The minimum Gasteiger partial charge on any atom is -0.397 e. The van der Waals surface area contributed by atoms with E-state index in [-0.39, 0.29) is 0 Å². The molecule has 0 aliphatic heterocycles. The second-order valence-corrected chi connectivity index (χ2v) is 3.78. The van der Waals surface area contributed by atoms with Gasteiger partial charge in [-0.05, 0) is 31.0 Å². The lowest BCUT2D eigenvalue weighted by molar-refractivity contribution is 1.32. The molecule has 2 N–H and O–H groups in total. The van der Waals surface area contributed by atoms with Gasteiger partial charge in [-0.25, -0.2) is 0 Å². The van der Waals surface area contributed by atoms with Crippen LogP contribution in [0.3, 0.4) is 0 Å². The van der Waals surface area contributed by atoms with Crippen molar-refractivity contribution in [3.05, 3.63) is 47.8 Å². The fourth-order valence-corrected chi connectivity index (χ4v) is 1.68. The molecular formula is C13H14N2. The summed E-state index contributed by atoms with van der Waals surface area (Å²) in [6.45, 7) is 4.18. The Bertz CT molecular complexity index is 490. The standard InChI is InChI=1S/C13H14N2/c1-9-3-4-10(2)12(7-9)11-5-6-15-8-13(11)14/h3-8H,14H2,1-2H3. The number of nitrogen functional groups attached to an aromatic ring is 1. The molecule has 76 valence electrons. The van der Waals surface area contributed by atoms with Crippen molar-refractivity contribution in [1.29, 1.82) is 0 Å². The number of aromatic nitrogens is 1. The molecule has 0 unspecified atom stereocenters. The summed E-state index contributed by atoms with van der Waals surface area (Å²) >= 11 is 0. The minimum atomic E-state index is 0.728. The van der Waals surface area contributed by atoms with Crippen LogP contribution in [0, 0.1) is 13.8 Å². The van der Waals surface area contributed by atoms with Crippen LogP contribution in [0.1, 0.15) is 11.1 Å². The molecular weight excluding hydrogens is 184 g/mol. The van der Waals surface area contributed by atoms with Gasteiger partial charge in [-0.2, -0.15) is 0 Å². The summed E-state index contributed by atoms with van der Waals surface area (Å²) in [5, 5.41) is 0. The molecule has 0 aliphatic rings. The van der Waals surface area contributed by atoms with Gasteiger partial charge in [0.25, 0.3) is 0 Å². The Balaban J connectivity index is 2.64. The Morgan fingerprint density at radius 1 is 1.07 bits per heavy atom. The maximum Gasteiger partial charge on any atom is 0.0580 e. The number of rotatable bonds is 1. The molecule has 0 amide bonds. The van der Waals surface area contributed by atoms with Crippen molar-refractivity contribution >= 4 is 5.69 Å². The van der Waals surface area contributed by atoms with Crippen LogP contribution in [0.5, 0.6) is 0 Å². The fourth-order valence-electron chi connectivity index (χ4n) is 1.68. The molecule has 1 aromatic carbocycles. The van der Waals surface area contributed by atoms with Gasteiger partial charge in [-0.1, -0.05) is 23.8 Å². The highest BCUT2D eigenvalue weighted by atomic mass is 14.7. The van der Waals surface area contributed by atoms with E-state index >= 15 is 0 Å². The Morgan fingerprint density at radius 2 is 1.87 bits per heavy atom. The third-order valence-corrected chi connectivity index (χ3v) is 2.54. The summed E-state index contributed by atoms with van der Waals surface area (Å²) < 4.78 is 0. The number of anilines is 1. The molecule has 0 radical (unpaired) electrons. The van der Waals surface area contributed by atoms with E-state index in [0.29, 0.717) is 0 Å². The largest absolute Gasteiger partial charge is 0.397 e. The number of nitrogens with zero attached hydrogens (tertiary/aromatic N) is 1. The van der Waals surface area contributed by atoms with E-state index in [9.17, 15) is 0 Å². The molecule has 0 saturated heterocycles. The van der Waals surface area contributed by atoms with Crippen molar-refractivity contribution < 1.29 is 0 Å². The van der Waals surface area contributed by atoms with Crippen LogP contribution in [0.15, 0.2) is 36.7 Å². The third-order valence-electron chi connectivity index (χ3n) is 2.54. The highest BCUT2D eigenvalue weighted by Gasteiger charge is 2.05. The number of hydrogen-bond donors (Lipinski definition) is 1. The SMILES string of the molecule is Cc1ccc(C)c(-c2ccncc2N)c1. The number of pyridine rings is 1. The summed E-state index contributed by atoms with van der Waals surface area (Å²) in [5.41, 5.74) is 11.4. The van der Waals surface area contributed by atoms with Gasteiger partial charge in [0.15, 0.2) is 0 Å². The monoisotopic (exact) mass is 198 g/mol. The molecule has 1 aromatic heterocycles. The Hall–Kier alpha value is -1.83. The zero-order chi connectivity index (χ0) is 10.8. The average Bonchev–Trinajstić information content (AvgIpc) is 2.23. The van der Waals surface area contributed by atoms with Gasteiger partial charge in [0.05, 0.1) is 11.9 Å². The highest BCUT2D eigenvalue weighted by Crippen LogP contribution is 2.28. The summed E-state index contributed by atoms with van der Waals surface area (Å²) in [6, 6.07) is 8.33. The zero-order valence-corrected chi connectivity index (χ0v) is 8.99. The smallest absolute Gasteiger partial charge is 0.0580 e. The second-order valence-electron chi connectivity index (χ2n) is 3.78.